The van der Waals surface area contributed by atoms with Crippen LogP contribution in [-0.2, 0) is 23.1 Å². The van der Waals surface area contributed by atoms with Crippen molar-refractivity contribution in [2.75, 3.05) is 20.7 Å². The minimum Gasteiger partial charge on any atom is -0.497 e. The molecule has 0 atom stereocenters. The molecule has 170 valence electrons. The first-order valence-corrected chi connectivity index (χ1v) is 11.6. The van der Waals surface area contributed by atoms with E-state index in [-0.39, 0.29) is 30.0 Å². The van der Waals surface area contributed by atoms with Crippen LogP contribution in [0.25, 0.3) is 0 Å². The van der Waals surface area contributed by atoms with Crippen LogP contribution in [0.15, 0.2) is 58.4 Å². The van der Waals surface area contributed by atoms with E-state index in [4.69, 9.17) is 9.73 Å². The van der Waals surface area contributed by atoms with Gasteiger partial charge >= 0.3 is 0 Å². The number of hydrogen-bond acceptors (Lipinski definition) is 4. The van der Waals surface area contributed by atoms with Gasteiger partial charge in [-0.1, -0.05) is 24.3 Å². The molecule has 2 aromatic carbocycles. The van der Waals surface area contributed by atoms with E-state index >= 15 is 0 Å². The van der Waals surface area contributed by atoms with E-state index in [0.717, 1.165) is 42.2 Å². The first kappa shape index (κ1) is 25.4. The molecular weight excluding hydrogens is 527 g/mol. The Bertz CT molecular complexity index is 959. The summed E-state index contributed by atoms with van der Waals surface area (Å²) in [6, 6.07) is 15.0. The number of aliphatic imine (C=N–C) groups is 1. The van der Waals surface area contributed by atoms with Crippen LogP contribution in [0.3, 0.4) is 0 Å². The van der Waals surface area contributed by atoms with Crippen molar-refractivity contribution in [3.63, 3.8) is 0 Å². The van der Waals surface area contributed by atoms with Crippen LogP contribution in [0.5, 0.6) is 5.75 Å². The van der Waals surface area contributed by atoms with Crippen LogP contribution in [-0.4, -0.2) is 46.0 Å². The molecule has 1 saturated carbocycles. The molecule has 2 N–H and O–H groups in total. The smallest absolute Gasteiger partial charge is 0.240 e. The molecule has 9 heteroatoms. The summed E-state index contributed by atoms with van der Waals surface area (Å²) < 4.78 is 32.5. The molecule has 3 rings (SSSR count). The molecule has 0 radical (unpaired) electrons. The highest BCUT2D eigenvalue weighted by Crippen LogP contribution is 2.22. The van der Waals surface area contributed by atoms with Gasteiger partial charge in [0.2, 0.25) is 10.0 Å². The van der Waals surface area contributed by atoms with Gasteiger partial charge in [-0.15, -0.1) is 24.0 Å². The fourth-order valence-electron chi connectivity index (χ4n) is 2.98. The van der Waals surface area contributed by atoms with Gasteiger partial charge in [0.05, 0.1) is 18.6 Å². The largest absolute Gasteiger partial charge is 0.497 e. The Morgan fingerprint density at radius 2 is 1.71 bits per heavy atom. The van der Waals surface area contributed by atoms with Crippen LogP contribution >= 0.6 is 24.0 Å². The van der Waals surface area contributed by atoms with Crippen LogP contribution in [0.1, 0.15) is 30.9 Å². The van der Waals surface area contributed by atoms with E-state index < -0.39 is 10.0 Å². The number of benzene rings is 2. The molecule has 0 aromatic heterocycles. The number of guanidine groups is 1. The maximum absolute atomic E-state index is 12.3. The number of methoxy groups -OCH3 is 1. The Balaban J connectivity index is 0.00000341. The lowest BCUT2D eigenvalue weighted by Crippen LogP contribution is -2.38. The van der Waals surface area contributed by atoms with Crippen molar-refractivity contribution in [3.8, 4) is 5.75 Å². The maximum Gasteiger partial charge on any atom is 0.240 e. The normalized spacial score (nSPS) is 14.0. The Labute approximate surface area is 202 Å². The molecule has 7 nitrogen and oxygen atoms in total. The van der Waals surface area contributed by atoms with Crippen LogP contribution in [0.2, 0.25) is 0 Å². The molecule has 1 aliphatic carbocycles. The molecule has 1 fully saturated rings. The highest BCUT2D eigenvalue weighted by molar-refractivity contribution is 14.0. The minimum atomic E-state index is -3.42. The van der Waals surface area contributed by atoms with Crippen LogP contribution in [0, 0.1) is 0 Å². The zero-order chi connectivity index (χ0) is 21.6. The predicted octanol–water partition coefficient (Wildman–Crippen LogP) is 3.35. The van der Waals surface area contributed by atoms with Crippen molar-refractivity contribution in [2.24, 2.45) is 4.99 Å². The molecule has 0 amide bonds. The molecule has 31 heavy (non-hydrogen) atoms. The monoisotopic (exact) mass is 558 g/mol. The summed E-state index contributed by atoms with van der Waals surface area (Å²) in [5.41, 5.74) is 2.11. The molecule has 1 aliphatic rings. The second-order valence-corrected chi connectivity index (χ2v) is 9.13. The Kier molecular flexibility index (Phi) is 9.57. The Morgan fingerprint density at radius 1 is 1.10 bits per heavy atom. The number of rotatable bonds is 9. The van der Waals surface area contributed by atoms with Gasteiger partial charge in [0.1, 0.15) is 5.75 Å². The van der Waals surface area contributed by atoms with Gasteiger partial charge in [-0.05, 0) is 55.2 Å². The lowest BCUT2D eigenvalue weighted by Gasteiger charge is -2.22. The highest BCUT2D eigenvalue weighted by atomic mass is 127. The summed E-state index contributed by atoms with van der Waals surface area (Å²) in [6.45, 7) is 3.96. The fourth-order valence-corrected chi connectivity index (χ4v) is 4.28. The quantitative estimate of drug-likeness (QED) is 0.280. The van der Waals surface area contributed by atoms with Crippen molar-refractivity contribution >= 4 is 40.0 Å². The summed E-state index contributed by atoms with van der Waals surface area (Å²) in [7, 11) is 0.224. The lowest BCUT2D eigenvalue weighted by molar-refractivity contribution is 0.414. The predicted molar refractivity (Wildman–Crippen MR) is 134 cm³/mol. The average Bonchev–Trinajstić information content (AvgIpc) is 3.55. The summed E-state index contributed by atoms with van der Waals surface area (Å²) in [5.74, 6) is 1.63. The number of halogens is 1. The van der Waals surface area contributed by atoms with Crippen molar-refractivity contribution in [3.05, 3.63) is 59.7 Å². The summed E-state index contributed by atoms with van der Waals surface area (Å²) >= 11 is 0. The molecular formula is C22H31IN4O3S. The third-order valence-electron chi connectivity index (χ3n) is 4.82. The van der Waals surface area contributed by atoms with Gasteiger partial charge in [-0.3, -0.25) is 0 Å². The van der Waals surface area contributed by atoms with E-state index in [1.54, 1.807) is 19.2 Å². The van der Waals surface area contributed by atoms with E-state index in [9.17, 15) is 8.42 Å². The number of nitrogens with zero attached hydrogens (tertiary/aromatic N) is 2. The van der Waals surface area contributed by atoms with E-state index in [0.29, 0.717) is 18.0 Å². The molecule has 2 aromatic rings. The van der Waals surface area contributed by atoms with Gasteiger partial charge in [0.25, 0.3) is 0 Å². The zero-order valence-corrected chi connectivity index (χ0v) is 21.3. The minimum absolute atomic E-state index is 0. The maximum atomic E-state index is 12.3. The molecule has 0 aliphatic heterocycles. The third-order valence-corrected chi connectivity index (χ3v) is 6.36. The van der Waals surface area contributed by atoms with E-state index in [1.807, 2.05) is 50.4 Å². The molecule has 0 saturated heterocycles. The Morgan fingerprint density at radius 3 is 2.26 bits per heavy atom. The second kappa shape index (κ2) is 11.7. The first-order valence-electron chi connectivity index (χ1n) is 10.1. The molecule has 0 bridgehead atoms. The van der Waals surface area contributed by atoms with E-state index in [1.165, 1.54) is 0 Å². The van der Waals surface area contributed by atoms with Gasteiger partial charge in [0.15, 0.2) is 5.96 Å². The molecule has 0 spiro atoms. The SMILES string of the molecule is CCNC(=NCc1ccc(S(=O)(=O)NC2CC2)cc1)N(C)Cc1ccc(OC)cc1.I. The van der Waals surface area contributed by atoms with Crippen LogP contribution < -0.4 is 14.8 Å². The van der Waals surface area contributed by atoms with Crippen molar-refractivity contribution in [1.82, 2.24) is 14.9 Å². The Hall–Kier alpha value is -1.85. The van der Waals surface area contributed by atoms with Crippen molar-refractivity contribution in [1.29, 1.82) is 0 Å². The highest BCUT2D eigenvalue weighted by Gasteiger charge is 2.27. The average molecular weight is 558 g/mol. The summed E-state index contributed by atoms with van der Waals surface area (Å²) in [5, 5.41) is 3.30. The number of nitrogens with one attached hydrogen (secondary N) is 2. The number of hydrogen-bond donors (Lipinski definition) is 2. The topological polar surface area (TPSA) is 83.0 Å². The van der Waals surface area contributed by atoms with Gasteiger partial charge < -0.3 is 15.0 Å². The third kappa shape index (κ3) is 7.65. The molecule has 0 heterocycles. The fraction of sp³-hybridized carbons (Fsp3) is 0.409. The van der Waals surface area contributed by atoms with Crippen molar-refractivity contribution < 1.29 is 13.2 Å². The molecule has 0 unspecified atom stereocenters. The van der Waals surface area contributed by atoms with Gasteiger partial charge in [-0.2, -0.15) is 0 Å². The standard InChI is InChI=1S/C22H30N4O3S.HI/c1-4-23-22(26(2)16-18-5-11-20(29-3)12-6-18)24-15-17-7-13-21(14-8-17)30(27,28)25-19-9-10-19;/h5-8,11-14,19,25H,4,9-10,15-16H2,1-3H3,(H,23,24);1H. The first-order chi connectivity index (χ1) is 14.4. The van der Waals surface area contributed by atoms with E-state index in [2.05, 4.69) is 14.9 Å². The second-order valence-electron chi connectivity index (χ2n) is 7.41. The number of sulfonamides is 1. The lowest BCUT2D eigenvalue weighted by atomic mass is 10.2. The summed E-state index contributed by atoms with van der Waals surface area (Å²) in [6.07, 6.45) is 1.84. The van der Waals surface area contributed by atoms with Crippen molar-refractivity contribution in [2.45, 2.75) is 43.8 Å². The number of ether oxygens (including phenoxy) is 1. The van der Waals surface area contributed by atoms with Gasteiger partial charge in [-0.25, -0.2) is 18.1 Å². The zero-order valence-electron chi connectivity index (χ0n) is 18.2. The summed E-state index contributed by atoms with van der Waals surface area (Å²) in [4.78, 5) is 7.06. The van der Waals surface area contributed by atoms with Gasteiger partial charge in [0, 0.05) is 26.2 Å². The van der Waals surface area contributed by atoms with Crippen LogP contribution in [0.4, 0.5) is 0 Å².